The molecule has 1 saturated heterocycles. The third-order valence-corrected chi connectivity index (χ3v) is 3.91. The van der Waals surface area contributed by atoms with Crippen molar-refractivity contribution in [3.8, 4) is 0 Å². The molecule has 1 unspecified atom stereocenters. The van der Waals surface area contributed by atoms with E-state index in [1.54, 1.807) is 4.90 Å². The van der Waals surface area contributed by atoms with Crippen LogP contribution in [0.5, 0.6) is 0 Å². The Morgan fingerprint density at radius 3 is 2.67 bits per heavy atom. The first-order chi connectivity index (χ1) is 8.72. The summed E-state index contributed by atoms with van der Waals surface area (Å²) in [4.78, 5) is 25.7. The highest BCUT2D eigenvalue weighted by Crippen LogP contribution is 2.28. The molecule has 2 rings (SSSR count). The Morgan fingerprint density at radius 1 is 1.28 bits per heavy atom. The summed E-state index contributed by atoms with van der Waals surface area (Å²) in [5, 5.41) is 2.89. The number of hydrogen-bond donors (Lipinski definition) is 1. The van der Waals surface area contributed by atoms with E-state index in [1.807, 2.05) is 19.1 Å². The fourth-order valence-electron chi connectivity index (χ4n) is 2.90. The molecule has 18 heavy (non-hydrogen) atoms. The quantitative estimate of drug-likeness (QED) is 0.771. The number of hydrogen-bond acceptors (Lipinski definition) is 2. The highest BCUT2D eigenvalue weighted by atomic mass is 16.2. The van der Waals surface area contributed by atoms with E-state index in [-0.39, 0.29) is 24.4 Å². The molecule has 0 radical (unpaired) electrons. The third-order valence-electron chi connectivity index (χ3n) is 3.91. The lowest BCUT2D eigenvalue weighted by Crippen LogP contribution is -2.60. The summed E-state index contributed by atoms with van der Waals surface area (Å²) in [6.45, 7) is 2.67. The Morgan fingerprint density at radius 2 is 2.00 bits per heavy atom. The van der Waals surface area contributed by atoms with E-state index >= 15 is 0 Å². The molecule has 2 amide bonds. The molecule has 4 heteroatoms. The van der Waals surface area contributed by atoms with Crippen LogP contribution in [0.4, 0.5) is 0 Å². The SMILES string of the molecule is C/C=C/CN1CC(=O)NC(C2CCCCC2)C1=O. The largest absolute Gasteiger partial charge is 0.342 e. The summed E-state index contributed by atoms with van der Waals surface area (Å²) in [5.41, 5.74) is 0. The molecular weight excluding hydrogens is 228 g/mol. The van der Waals surface area contributed by atoms with Gasteiger partial charge in [0.1, 0.15) is 6.04 Å². The first-order valence-electron chi connectivity index (χ1n) is 6.91. The number of allylic oxidation sites excluding steroid dienone is 1. The Kier molecular flexibility index (Phi) is 4.39. The number of carbonyl (C=O) groups is 2. The molecule has 4 nitrogen and oxygen atoms in total. The van der Waals surface area contributed by atoms with Crippen LogP contribution >= 0.6 is 0 Å². The molecule has 0 spiro atoms. The van der Waals surface area contributed by atoms with Gasteiger partial charge in [-0.3, -0.25) is 9.59 Å². The van der Waals surface area contributed by atoms with Crippen LogP contribution < -0.4 is 5.32 Å². The molecule has 0 aromatic rings. The molecule has 1 saturated carbocycles. The molecule has 0 bridgehead atoms. The molecule has 2 aliphatic rings. The van der Waals surface area contributed by atoms with Crippen molar-refractivity contribution in [2.45, 2.75) is 45.1 Å². The number of piperazine rings is 1. The first-order valence-corrected chi connectivity index (χ1v) is 6.91. The molecule has 1 atom stereocenters. The van der Waals surface area contributed by atoms with E-state index in [4.69, 9.17) is 0 Å². The topological polar surface area (TPSA) is 49.4 Å². The van der Waals surface area contributed by atoms with Crippen molar-refractivity contribution >= 4 is 11.8 Å². The first kappa shape index (κ1) is 13.1. The predicted octanol–water partition coefficient (Wildman–Crippen LogP) is 1.47. The summed E-state index contributed by atoms with van der Waals surface area (Å²) in [5.74, 6) is 0.415. The summed E-state index contributed by atoms with van der Waals surface area (Å²) < 4.78 is 0. The van der Waals surface area contributed by atoms with Crippen molar-refractivity contribution in [1.29, 1.82) is 0 Å². The lowest BCUT2D eigenvalue weighted by Gasteiger charge is -2.37. The lowest BCUT2D eigenvalue weighted by molar-refractivity contribution is -0.145. The molecule has 1 heterocycles. The summed E-state index contributed by atoms with van der Waals surface area (Å²) in [7, 11) is 0. The minimum atomic E-state index is -0.281. The summed E-state index contributed by atoms with van der Waals surface area (Å²) in [6.07, 6.45) is 9.58. The fraction of sp³-hybridized carbons (Fsp3) is 0.714. The molecule has 1 aliphatic heterocycles. The van der Waals surface area contributed by atoms with Gasteiger partial charge < -0.3 is 10.2 Å². The van der Waals surface area contributed by atoms with Crippen LogP contribution in [0.25, 0.3) is 0 Å². The van der Waals surface area contributed by atoms with Gasteiger partial charge in [-0.2, -0.15) is 0 Å². The predicted molar refractivity (Wildman–Crippen MR) is 69.9 cm³/mol. The van der Waals surface area contributed by atoms with Crippen molar-refractivity contribution in [3.63, 3.8) is 0 Å². The van der Waals surface area contributed by atoms with Crippen LogP contribution in [-0.4, -0.2) is 35.8 Å². The zero-order chi connectivity index (χ0) is 13.0. The van der Waals surface area contributed by atoms with Gasteiger partial charge in [0.05, 0.1) is 6.54 Å². The van der Waals surface area contributed by atoms with Gasteiger partial charge in [-0.1, -0.05) is 31.4 Å². The van der Waals surface area contributed by atoms with Crippen LogP contribution in [-0.2, 0) is 9.59 Å². The Labute approximate surface area is 108 Å². The lowest BCUT2D eigenvalue weighted by atomic mass is 9.82. The van der Waals surface area contributed by atoms with Gasteiger partial charge in [0.2, 0.25) is 11.8 Å². The average molecular weight is 250 g/mol. The highest BCUT2D eigenvalue weighted by molar-refractivity contribution is 5.95. The van der Waals surface area contributed by atoms with E-state index < -0.39 is 0 Å². The normalized spacial score (nSPS) is 26.7. The monoisotopic (exact) mass is 250 g/mol. The zero-order valence-electron chi connectivity index (χ0n) is 11.0. The molecule has 1 N–H and O–H groups in total. The van der Waals surface area contributed by atoms with Gasteiger partial charge in [-0.05, 0) is 25.7 Å². The standard InChI is InChI=1S/C14H22N2O2/c1-2-3-9-16-10-12(17)15-13(14(16)18)11-7-5-4-6-8-11/h2-3,11,13H,4-10H2,1H3,(H,15,17)/b3-2+. The van der Waals surface area contributed by atoms with E-state index in [2.05, 4.69) is 5.32 Å². The van der Waals surface area contributed by atoms with E-state index in [0.29, 0.717) is 12.5 Å². The molecule has 2 fully saturated rings. The van der Waals surface area contributed by atoms with Gasteiger partial charge in [-0.25, -0.2) is 0 Å². The van der Waals surface area contributed by atoms with Gasteiger partial charge in [-0.15, -0.1) is 0 Å². The van der Waals surface area contributed by atoms with E-state index in [0.717, 1.165) is 12.8 Å². The molecule has 1 aliphatic carbocycles. The van der Waals surface area contributed by atoms with E-state index in [1.165, 1.54) is 19.3 Å². The van der Waals surface area contributed by atoms with Gasteiger partial charge in [0, 0.05) is 6.54 Å². The molecular formula is C14H22N2O2. The van der Waals surface area contributed by atoms with Crippen molar-refractivity contribution in [3.05, 3.63) is 12.2 Å². The zero-order valence-corrected chi connectivity index (χ0v) is 11.0. The van der Waals surface area contributed by atoms with Gasteiger partial charge in [0.25, 0.3) is 0 Å². The van der Waals surface area contributed by atoms with Crippen LogP contribution in [0, 0.1) is 5.92 Å². The van der Waals surface area contributed by atoms with Crippen molar-refractivity contribution < 1.29 is 9.59 Å². The van der Waals surface area contributed by atoms with E-state index in [9.17, 15) is 9.59 Å². The van der Waals surface area contributed by atoms with Gasteiger partial charge >= 0.3 is 0 Å². The number of carbonyl (C=O) groups excluding carboxylic acids is 2. The Bertz CT molecular complexity index is 346. The summed E-state index contributed by atoms with van der Waals surface area (Å²) in [6, 6.07) is -0.281. The summed E-state index contributed by atoms with van der Waals surface area (Å²) >= 11 is 0. The molecule has 100 valence electrons. The van der Waals surface area contributed by atoms with Crippen molar-refractivity contribution in [2.75, 3.05) is 13.1 Å². The van der Waals surface area contributed by atoms with Crippen molar-refractivity contribution in [2.24, 2.45) is 5.92 Å². The number of nitrogens with zero attached hydrogens (tertiary/aromatic N) is 1. The maximum atomic E-state index is 12.4. The average Bonchev–Trinajstić information content (AvgIpc) is 2.40. The van der Waals surface area contributed by atoms with Crippen LogP contribution in [0.3, 0.4) is 0 Å². The van der Waals surface area contributed by atoms with Crippen LogP contribution in [0.2, 0.25) is 0 Å². The maximum absolute atomic E-state index is 12.4. The second kappa shape index (κ2) is 6.03. The second-order valence-corrected chi connectivity index (χ2v) is 5.23. The second-order valence-electron chi connectivity index (χ2n) is 5.23. The minimum absolute atomic E-state index is 0.0188. The Balaban J connectivity index is 2.04. The number of rotatable bonds is 3. The minimum Gasteiger partial charge on any atom is -0.342 e. The highest BCUT2D eigenvalue weighted by Gasteiger charge is 2.37. The van der Waals surface area contributed by atoms with Crippen LogP contribution in [0.15, 0.2) is 12.2 Å². The number of amides is 2. The Hall–Kier alpha value is -1.32. The maximum Gasteiger partial charge on any atom is 0.246 e. The number of nitrogens with one attached hydrogen (secondary N) is 1. The third kappa shape index (κ3) is 2.92. The fourth-order valence-corrected chi connectivity index (χ4v) is 2.90. The van der Waals surface area contributed by atoms with Gasteiger partial charge in [0.15, 0.2) is 0 Å². The molecule has 0 aromatic heterocycles. The smallest absolute Gasteiger partial charge is 0.246 e. The van der Waals surface area contributed by atoms with Crippen molar-refractivity contribution in [1.82, 2.24) is 10.2 Å². The molecule has 0 aromatic carbocycles. The van der Waals surface area contributed by atoms with Crippen LogP contribution in [0.1, 0.15) is 39.0 Å².